The number of pyridine rings is 1. The molecule has 4 nitrogen and oxygen atoms in total. The summed E-state index contributed by atoms with van der Waals surface area (Å²) in [5, 5.41) is 0. The molecule has 0 amide bonds. The maximum atomic E-state index is 6.24. The first-order chi connectivity index (χ1) is 9.20. The lowest BCUT2D eigenvalue weighted by molar-refractivity contribution is 0.220. The Hall–Kier alpha value is -1.13. The van der Waals surface area contributed by atoms with Crippen molar-refractivity contribution >= 4 is 5.82 Å². The van der Waals surface area contributed by atoms with Gasteiger partial charge in [0.1, 0.15) is 5.82 Å². The number of nitrogens with two attached hydrogens (primary N) is 1. The number of aromatic nitrogens is 1. The molecular weight excluding hydrogens is 236 g/mol. The Morgan fingerprint density at radius 3 is 2.58 bits per heavy atom. The topological polar surface area (TPSA) is 45.4 Å². The first-order valence-corrected chi connectivity index (χ1v) is 7.34. The molecule has 19 heavy (non-hydrogen) atoms. The summed E-state index contributed by atoms with van der Waals surface area (Å²) < 4.78 is 0. The minimum atomic E-state index is 0.298. The van der Waals surface area contributed by atoms with E-state index in [1.807, 2.05) is 18.3 Å². The van der Waals surface area contributed by atoms with E-state index in [-0.39, 0.29) is 0 Å². The molecule has 0 saturated carbocycles. The Morgan fingerprint density at radius 2 is 2.00 bits per heavy atom. The largest absolute Gasteiger partial charge is 0.354 e. The van der Waals surface area contributed by atoms with Gasteiger partial charge in [-0.15, -0.1) is 0 Å². The summed E-state index contributed by atoms with van der Waals surface area (Å²) in [6, 6.07) is 6.39. The van der Waals surface area contributed by atoms with Crippen LogP contribution in [0.4, 0.5) is 5.82 Å². The molecule has 2 rings (SSSR count). The fourth-order valence-corrected chi connectivity index (χ4v) is 2.48. The number of anilines is 1. The predicted molar refractivity (Wildman–Crippen MR) is 80.3 cm³/mol. The van der Waals surface area contributed by atoms with Gasteiger partial charge in [0.05, 0.1) is 0 Å². The number of rotatable bonds is 5. The Bertz CT molecular complexity index is 360. The molecule has 1 aliphatic rings. The molecule has 106 valence electrons. The number of hydrogen-bond acceptors (Lipinski definition) is 4. The summed E-state index contributed by atoms with van der Waals surface area (Å²) >= 11 is 0. The molecule has 2 unspecified atom stereocenters. The maximum absolute atomic E-state index is 6.24. The van der Waals surface area contributed by atoms with Gasteiger partial charge in [-0.05, 0) is 18.1 Å². The van der Waals surface area contributed by atoms with Crippen LogP contribution in [0.25, 0.3) is 0 Å². The van der Waals surface area contributed by atoms with Crippen LogP contribution in [0, 0.1) is 5.92 Å². The van der Waals surface area contributed by atoms with Crippen LogP contribution in [0.2, 0.25) is 0 Å². The molecule has 1 aromatic rings. The van der Waals surface area contributed by atoms with Crippen molar-refractivity contribution in [1.29, 1.82) is 0 Å². The van der Waals surface area contributed by atoms with E-state index in [9.17, 15) is 0 Å². The molecule has 2 N–H and O–H groups in total. The quantitative estimate of drug-likeness (QED) is 0.875. The molecule has 2 heterocycles. The molecule has 4 heteroatoms. The van der Waals surface area contributed by atoms with Crippen molar-refractivity contribution in [2.24, 2.45) is 11.7 Å². The minimum Gasteiger partial charge on any atom is -0.354 e. The smallest absolute Gasteiger partial charge is 0.128 e. The molecule has 1 saturated heterocycles. The summed E-state index contributed by atoms with van der Waals surface area (Å²) in [4.78, 5) is 9.25. The molecule has 0 radical (unpaired) electrons. The highest BCUT2D eigenvalue weighted by Gasteiger charge is 2.21. The van der Waals surface area contributed by atoms with Gasteiger partial charge in [0.15, 0.2) is 0 Å². The lowest BCUT2D eigenvalue weighted by Crippen LogP contribution is -2.51. The van der Waals surface area contributed by atoms with Crippen LogP contribution in [-0.2, 0) is 0 Å². The van der Waals surface area contributed by atoms with Gasteiger partial charge in [-0.3, -0.25) is 4.90 Å². The van der Waals surface area contributed by atoms with E-state index in [0.29, 0.717) is 12.0 Å². The summed E-state index contributed by atoms with van der Waals surface area (Å²) in [6.45, 7) is 9.74. The zero-order chi connectivity index (χ0) is 13.7. The average molecular weight is 262 g/mol. The second-order valence-electron chi connectivity index (χ2n) is 5.52. The van der Waals surface area contributed by atoms with Gasteiger partial charge >= 0.3 is 0 Å². The van der Waals surface area contributed by atoms with Crippen LogP contribution in [-0.4, -0.2) is 48.6 Å². The normalized spacial score (nSPS) is 20.3. The van der Waals surface area contributed by atoms with E-state index < -0.39 is 0 Å². The van der Waals surface area contributed by atoms with Crippen molar-refractivity contribution in [3.05, 3.63) is 24.4 Å². The van der Waals surface area contributed by atoms with Gasteiger partial charge < -0.3 is 10.6 Å². The molecule has 1 fully saturated rings. The number of piperazine rings is 1. The van der Waals surface area contributed by atoms with Gasteiger partial charge in [0.25, 0.3) is 0 Å². The van der Waals surface area contributed by atoms with Crippen molar-refractivity contribution in [2.45, 2.75) is 26.3 Å². The maximum Gasteiger partial charge on any atom is 0.128 e. The standard InChI is InChI=1S/C15H26N4/c1-3-13(2)14(16)12-18-8-10-19(11-9-18)15-6-4-5-7-17-15/h4-7,13-14H,3,8-12,16H2,1-2H3. The minimum absolute atomic E-state index is 0.298. The Morgan fingerprint density at radius 1 is 1.26 bits per heavy atom. The molecule has 1 aliphatic heterocycles. The lowest BCUT2D eigenvalue weighted by atomic mass is 9.99. The zero-order valence-corrected chi connectivity index (χ0v) is 12.1. The SMILES string of the molecule is CCC(C)C(N)CN1CCN(c2ccccn2)CC1. The molecule has 2 atom stereocenters. The van der Waals surface area contributed by atoms with Crippen LogP contribution >= 0.6 is 0 Å². The van der Waals surface area contributed by atoms with Crippen molar-refractivity contribution < 1.29 is 0 Å². The van der Waals surface area contributed by atoms with E-state index in [4.69, 9.17) is 5.73 Å². The van der Waals surface area contributed by atoms with Crippen LogP contribution in [0.5, 0.6) is 0 Å². The fraction of sp³-hybridized carbons (Fsp3) is 0.667. The van der Waals surface area contributed by atoms with Crippen LogP contribution in [0.15, 0.2) is 24.4 Å². The van der Waals surface area contributed by atoms with Crippen molar-refractivity contribution in [2.75, 3.05) is 37.6 Å². The highest BCUT2D eigenvalue weighted by molar-refractivity contribution is 5.38. The Balaban J connectivity index is 1.80. The molecule has 0 aromatic carbocycles. The van der Waals surface area contributed by atoms with Gasteiger partial charge in [-0.1, -0.05) is 26.3 Å². The van der Waals surface area contributed by atoms with Gasteiger partial charge in [0, 0.05) is 45.0 Å². The first kappa shape index (κ1) is 14.3. The summed E-state index contributed by atoms with van der Waals surface area (Å²) in [7, 11) is 0. The van der Waals surface area contributed by atoms with E-state index in [1.54, 1.807) is 0 Å². The van der Waals surface area contributed by atoms with E-state index >= 15 is 0 Å². The van der Waals surface area contributed by atoms with Gasteiger partial charge in [-0.2, -0.15) is 0 Å². The summed E-state index contributed by atoms with van der Waals surface area (Å²) in [6.07, 6.45) is 3.02. The van der Waals surface area contributed by atoms with E-state index in [0.717, 1.165) is 45.0 Å². The van der Waals surface area contributed by atoms with E-state index in [1.165, 1.54) is 0 Å². The van der Waals surface area contributed by atoms with Crippen LogP contribution in [0.3, 0.4) is 0 Å². The zero-order valence-electron chi connectivity index (χ0n) is 12.1. The summed E-state index contributed by atoms with van der Waals surface area (Å²) in [5.74, 6) is 1.70. The Labute approximate surface area is 116 Å². The van der Waals surface area contributed by atoms with Crippen molar-refractivity contribution in [1.82, 2.24) is 9.88 Å². The third-order valence-electron chi connectivity index (χ3n) is 4.19. The molecule has 0 spiro atoms. The molecular formula is C15H26N4. The van der Waals surface area contributed by atoms with Gasteiger partial charge in [0.2, 0.25) is 0 Å². The first-order valence-electron chi connectivity index (χ1n) is 7.34. The Kier molecular flexibility index (Phi) is 5.16. The fourth-order valence-electron chi connectivity index (χ4n) is 2.48. The third kappa shape index (κ3) is 3.91. The monoisotopic (exact) mass is 262 g/mol. The van der Waals surface area contributed by atoms with Crippen molar-refractivity contribution in [3.8, 4) is 0 Å². The second-order valence-corrected chi connectivity index (χ2v) is 5.52. The highest BCUT2D eigenvalue weighted by atomic mass is 15.3. The van der Waals surface area contributed by atoms with E-state index in [2.05, 4.69) is 34.7 Å². The average Bonchev–Trinajstić information content (AvgIpc) is 2.48. The summed E-state index contributed by atoms with van der Waals surface area (Å²) in [5.41, 5.74) is 6.24. The van der Waals surface area contributed by atoms with Gasteiger partial charge in [-0.25, -0.2) is 4.98 Å². The molecule has 1 aromatic heterocycles. The number of nitrogens with zero attached hydrogens (tertiary/aromatic N) is 3. The van der Waals surface area contributed by atoms with Crippen molar-refractivity contribution in [3.63, 3.8) is 0 Å². The van der Waals surface area contributed by atoms with Crippen LogP contribution < -0.4 is 10.6 Å². The lowest BCUT2D eigenvalue weighted by Gasteiger charge is -2.37. The molecule has 0 bridgehead atoms. The van der Waals surface area contributed by atoms with Crippen LogP contribution in [0.1, 0.15) is 20.3 Å². The molecule has 0 aliphatic carbocycles. The third-order valence-corrected chi connectivity index (χ3v) is 4.19. The highest BCUT2D eigenvalue weighted by Crippen LogP contribution is 2.14. The second kappa shape index (κ2) is 6.87. The number of hydrogen-bond donors (Lipinski definition) is 1. The predicted octanol–water partition coefficient (Wildman–Crippen LogP) is 1.58.